The van der Waals surface area contributed by atoms with Crippen molar-refractivity contribution in [1.82, 2.24) is 9.99 Å². The van der Waals surface area contributed by atoms with E-state index in [2.05, 4.69) is 10.1 Å². The van der Waals surface area contributed by atoms with Crippen LogP contribution in [-0.2, 0) is 16.1 Å². The molecule has 9 heteroatoms. The van der Waals surface area contributed by atoms with E-state index in [1.54, 1.807) is 31.6 Å². The van der Waals surface area contributed by atoms with Crippen LogP contribution in [-0.4, -0.2) is 47.0 Å². The van der Waals surface area contributed by atoms with Gasteiger partial charge in [0.2, 0.25) is 0 Å². The Morgan fingerprint density at radius 2 is 1.97 bits per heavy atom. The number of pyridine rings is 1. The van der Waals surface area contributed by atoms with Crippen molar-refractivity contribution in [3.63, 3.8) is 0 Å². The van der Waals surface area contributed by atoms with Crippen LogP contribution in [0.2, 0.25) is 0 Å². The number of phenolic OH excluding ortho intramolecular Hbond substituents is 1. The number of hydrogen-bond donors (Lipinski definition) is 1. The van der Waals surface area contributed by atoms with E-state index in [9.17, 15) is 14.3 Å². The molecule has 2 aromatic heterocycles. The number of amides is 1. The number of methoxy groups -OCH3 is 1. The molecular formula is C29H26FN3O4S. The Morgan fingerprint density at radius 3 is 2.76 bits per heavy atom. The molecule has 38 heavy (non-hydrogen) atoms. The van der Waals surface area contributed by atoms with E-state index < -0.39 is 11.9 Å². The number of aromatic hydroxyl groups is 1. The first kappa shape index (κ1) is 25.7. The maximum Gasteiger partial charge on any atom is 0.284 e. The lowest BCUT2D eigenvalue weighted by molar-refractivity contribution is 0.0618. The first-order valence-corrected chi connectivity index (χ1v) is 12.9. The van der Waals surface area contributed by atoms with Gasteiger partial charge in [-0.3, -0.25) is 9.78 Å². The molecule has 1 amide bonds. The topological polar surface area (TPSA) is 84.3 Å². The second-order valence-corrected chi connectivity index (χ2v) is 9.78. The number of benzene rings is 2. The summed E-state index contributed by atoms with van der Waals surface area (Å²) in [6.45, 7) is 1.41. The zero-order valence-corrected chi connectivity index (χ0v) is 21.5. The SMILES string of the molecule is COCCOCc1ccccc1-c1ccc(C(=O)N2N=C(c3cccnc3)CC2c2c(O)cccc2F)s1. The molecule has 1 N–H and O–H groups in total. The number of hydrazone groups is 1. The molecular weight excluding hydrogens is 505 g/mol. The van der Waals surface area contributed by atoms with Crippen LogP contribution in [0.4, 0.5) is 4.39 Å². The minimum absolute atomic E-state index is 0.0406. The lowest BCUT2D eigenvalue weighted by Crippen LogP contribution is -2.27. The Labute approximate surface area is 223 Å². The van der Waals surface area contributed by atoms with Gasteiger partial charge < -0.3 is 14.6 Å². The second kappa shape index (κ2) is 11.6. The molecule has 0 radical (unpaired) electrons. The van der Waals surface area contributed by atoms with Crippen molar-refractivity contribution in [2.75, 3.05) is 20.3 Å². The van der Waals surface area contributed by atoms with Gasteiger partial charge in [-0.15, -0.1) is 11.3 Å². The summed E-state index contributed by atoms with van der Waals surface area (Å²) < 4.78 is 25.7. The van der Waals surface area contributed by atoms with Gasteiger partial charge in [0.05, 0.1) is 42.0 Å². The standard InChI is InChI=1S/C29H26FN3O4S/c1-36-14-15-37-18-20-6-2-3-8-21(20)26-11-12-27(38-26)29(35)33-24(28-22(30)9-4-10-25(28)34)16-23(32-33)19-7-5-13-31-17-19/h2-13,17,24,34H,14-16,18H2,1H3. The summed E-state index contributed by atoms with van der Waals surface area (Å²) in [5, 5.41) is 16.4. The fourth-order valence-electron chi connectivity index (χ4n) is 4.41. The van der Waals surface area contributed by atoms with Crippen LogP contribution in [0.3, 0.4) is 0 Å². The highest BCUT2D eigenvalue weighted by molar-refractivity contribution is 7.17. The molecule has 0 aliphatic carbocycles. The average Bonchev–Trinajstić information content (AvgIpc) is 3.60. The minimum atomic E-state index is -0.800. The lowest BCUT2D eigenvalue weighted by Gasteiger charge is -2.22. The Balaban J connectivity index is 1.46. The van der Waals surface area contributed by atoms with Gasteiger partial charge in [0.1, 0.15) is 11.6 Å². The minimum Gasteiger partial charge on any atom is -0.507 e. The van der Waals surface area contributed by atoms with E-state index in [-0.39, 0.29) is 23.6 Å². The average molecular weight is 532 g/mol. The zero-order chi connectivity index (χ0) is 26.5. The number of halogens is 1. The molecule has 4 aromatic rings. The maximum absolute atomic E-state index is 14.9. The van der Waals surface area contributed by atoms with Crippen LogP contribution < -0.4 is 0 Å². The number of nitrogens with zero attached hydrogens (tertiary/aromatic N) is 3. The number of aromatic nitrogens is 1. The van der Waals surface area contributed by atoms with Crippen LogP contribution in [0.25, 0.3) is 10.4 Å². The highest BCUT2D eigenvalue weighted by Gasteiger charge is 2.37. The van der Waals surface area contributed by atoms with Gasteiger partial charge in [-0.2, -0.15) is 5.10 Å². The molecule has 0 saturated heterocycles. The van der Waals surface area contributed by atoms with Crippen molar-refractivity contribution >= 4 is 23.0 Å². The maximum atomic E-state index is 14.9. The molecule has 0 saturated carbocycles. The van der Waals surface area contributed by atoms with Crippen molar-refractivity contribution in [3.8, 4) is 16.2 Å². The summed E-state index contributed by atoms with van der Waals surface area (Å²) in [5.41, 5.74) is 3.33. The van der Waals surface area contributed by atoms with Crippen molar-refractivity contribution < 1.29 is 23.8 Å². The van der Waals surface area contributed by atoms with E-state index in [4.69, 9.17) is 9.47 Å². The van der Waals surface area contributed by atoms with Gasteiger partial charge in [-0.1, -0.05) is 36.4 Å². The fourth-order valence-corrected chi connectivity index (χ4v) is 5.41. The predicted molar refractivity (Wildman–Crippen MR) is 144 cm³/mol. The number of carbonyl (C=O) groups is 1. The van der Waals surface area contributed by atoms with Gasteiger partial charge in [0, 0.05) is 36.4 Å². The molecule has 1 aliphatic rings. The van der Waals surface area contributed by atoms with Crippen LogP contribution in [0, 0.1) is 5.82 Å². The molecule has 1 aliphatic heterocycles. The molecule has 194 valence electrons. The van der Waals surface area contributed by atoms with Gasteiger partial charge in [-0.25, -0.2) is 9.40 Å². The molecule has 5 rings (SSSR count). The normalized spacial score (nSPS) is 15.1. The quantitative estimate of drug-likeness (QED) is 0.276. The summed E-state index contributed by atoms with van der Waals surface area (Å²) in [4.78, 5) is 19.3. The van der Waals surface area contributed by atoms with E-state index >= 15 is 0 Å². The largest absolute Gasteiger partial charge is 0.507 e. The Bertz CT molecular complexity index is 1440. The van der Waals surface area contributed by atoms with E-state index in [0.717, 1.165) is 21.6 Å². The van der Waals surface area contributed by atoms with Crippen LogP contribution >= 0.6 is 11.3 Å². The van der Waals surface area contributed by atoms with E-state index in [1.165, 1.54) is 34.5 Å². The van der Waals surface area contributed by atoms with Gasteiger partial charge in [0.15, 0.2) is 0 Å². The van der Waals surface area contributed by atoms with Crippen LogP contribution in [0.5, 0.6) is 5.75 Å². The number of rotatable bonds is 9. The number of hydrogen-bond acceptors (Lipinski definition) is 7. The second-order valence-electron chi connectivity index (χ2n) is 8.70. The van der Waals surface area contributed by atoms with Gasteiger partial charge in [-0.05, 0) is 41.5 Å². The monoisotopic (exact) mass is 531 g/mol. The molecule has 1 atom stereocenters. The van der Waals surface area contributed by atoms with E-state index in [0.29, 0.717) is 30.4 Å². The Morgan fingerprint density at radius 1 is 1.11 bits per heavy atom. The number of carbonyl (C=O) groups excluding carboxylic acids is 1. The lowest BCUT2D eigenvalue weighted by atomic mass is 9.97. The van der Waals surface area contributed by atoms with Gasteiger partial charge in [0.25, 0.3) is 5.91 Å². The van der Waals surface area contributed by atoms with E-state index in [1.807, 2.05) is 36.4 Å². The zero-order valence-electron chi connectivity index (χ0n) is 20.7. The summed E-state index contributed by atoms with van der Waals surface area (Å²) in [7, 11) is 1.63. The first-order valence-electron chi connectivity index (χ1n) is 12.1. The van der Waals surface area contributed by atoms with Crippen LogP contribution in [0.1, 0.15) is 38.8 Å². The molecule has 3 heterocycles. The Hall–Kier alpha value is -3.92. The van der Waals surface area contributed by atoms with Crippen molar-refractivity contribution in [3.05, 3.63) is 107 Å². The van der Waals surface area contributed by atoms with Crippen molar-refractivity contribution in [2.45, 2.75) is 19.1 Å². The summed E-state index contributed by atoms with van der Waals surface area (Å²) in [5.74, 6) is -1.18. The predicted octanol–water partition coefficient (Wildman–Crippen LogP) is 5.81. The third-order valence-electron chi connectivity index (χ3n) is 6.27. The van der Waals surface area contributed by atoms with Crippen molar-refractivity contribution in [1.29, 1.82) is 0 Å². The summed E-state index contributed by atoms with van der Waals surface area (Å²) in [6, 6.07) is 18.4. The van der Waals surface area contributed by atoms with Crippen LogP contribution in [0.15, 0.2) is 84.2 Å². The molecule has 1 unspecified atom stereocenters. The third-order valence-corrected chi connectivity index (χ3v) is 7.37. The first-order chi connectivity index (χ1) is 18.6. The molecule has 0 fully saturated rings. The molecule has 2 aromatic carbocycles. The number of phenols is 1. The van der Waals surface area contributed by atoms with Gasteiger partial charge >= 0.3 is 0 Å². The highest BCUT2D eigenvalue weighted by atomic mass is 32.1. The smallest absolute Gasteiger partial charge is 0.284 e. The highest BCUT2D eigenvalue weighted by Crippen LogP contribution is 2.40. The van der Waals surface area contributed by atoms with Crippen molar-refractivity contribution in [2.24, 2.45) is 5.10 Å². The summed E-state index contributed by atoms with van der Waals surface area (Å²) >= 11 is 1.33. The molecule has 0 bridgehead atoms. The fraction of sp³-hybridized carbons (Fsp3) is 0.207. The Kier molecular flexibility index (Phi) is 7.88. The number of ether oxygens (including phenoxy) is 2. The summed E-state index contributed by atoms with van der Waals surface area (Å²) in [6.07, 6.45) is 3.54. The number of thiophene rings is 1. The molecule has 0 spiro atoms. The molecule has 7 nitrogen and oxygen atoms in total. The third kappa shape index (κ3) is 5.35.